The number of carbonyl (C=O) groups is 1. The predicted molar refractivity (Wildman–Crippen MR) is 125 cm³/mol. The van der Waals surface area contributed by atoms with E-state index < -0.39 is 0 Å². The van der Waals surface area contributed by atoms with Crippen molar-refractivity contribution in [1.82, 2.24) is 25.0 Å². The minimum atomic E-state index is -0.296. The maximum atomic E-state index is 13.1. The first kappa shape index (κ1) is 22.7. The highest BCUT2D eigenvalue weighted by molar-refractivity contribution is 6.05. The summed E-state index contributed by atoms with van der Waals surface area (Å²) in [7, 11) is 3.09. The molecule has 1 N–H and O–H groups in total. The van der Waals surface area contributed by atoms with Crippen molar-refractivity contribution in [1.29, 1.82) is 0 Å². The zero-order valence-corrected chi connectivity index (χ0v) is 19.1. The van der Waals surface area contributed by atoms with Crippen LogP contribution >= 0.6 is 0 Å². The second-order valence-corrected chi connectivity index (χ2v) is 7.17. The van der Waals surface area contributed by atoms with Gasteiger partial charge >= 0.3 is 0 Å². The number of methoxy groups -OCH3 is 2. The van der Waals surface area contributed by atoms with Crippen molar-refractivity contribution in [3.8, 4) is 23.2 Å². The Morgan fingerprint density at radius 1 is 1.00 bits per heavy atom. The molecule has 0 saturated heterocycles. The number of aromatic nitrogens is 5. The minimum absolute atomic E-state index is 0.296. The number of carbonyl (C=O) groups excluding carboxylic acids is 1. The number of rotatable bonds is 9. The zero-order chi connectivity index (χ0) is 23.9. The second-order valence-electron chi connectivity index (χ2n) is 7.17. The Labute approximate surface area is 196 Å². The maximum absolute atomic E-state index is 13.1. The van der Waals surface area contributed by atoms with E-state index in [1.54, 1.807) is 54.5 Å². The first-order valence-electron chi connectivity index (χ1n) is 10.6. The zero-order valence-electron chi connectivity index (χ0n) is 19.1. The standard InChI is InChI=1S/C24H24N6O4/c1-4-19-18(14-26-30(19)22-7-8-23(33-3)29-28-22)24(31)27-17-5-6-20(32-2)21(13-17)34-15-16-9-11-25-12-10-16/h5-14H,4,15H2,1-3H3,(H,27,31). The fraction of sp³-hybridized carbons (Fsp3) is 0.208. The Balaban J connectivity index is 1.53. The fourth-order valence-electron chi connectivity index (χ4n) is 3.34. The van der Waals surface area contributed by atoms with Crippen LogP contribution in [0.15, 0.2) is 61.1 Å². The maximum Gasteiger partial charge on any atom is 0.259 e. The van der Waals surface area contributed by atoms with Gasteiger partial charge in [0.1, 0.15) is 6.61 Å². The van der Waals surface area contributed by atoms with Crippen LogP contribution < -0.4 is 19.5 Å². The summed E-state index contributed by atoms with van der Waals surface area (Å²) in [5.74, 6) is 1.67. The number of ether oxygens (including phenoxy) is 3. The third-order valence-corrected chi connectivity index (χ3v) is 5.07. The molecule has 0 unspecified atom stereocenters. The van der Waals surface area contributed by atoms with E-state index >= 15 is 0 Å². The van der Waals surface area contributed by atoms with Crippen LogP contribution in [0.3, 0.4) is 0 Å². The number of nitrogens with zero attached hydrogens (tertiary/aromatic N) is 5. The largest absolute Gasteiger partial charge is 0.493 e. The summed E-state index contributed by atoms with van der Waals surface area (Å²) >= 11 is 0. The summed E-state index contributed by atoms with van der Waals surface area (Å²) in [5, 5.41) is 15.4. The summed E-state index contributed by atoms with van der Waals surface area (Å²) in [4.78, 5) is 17.1. The molecule has 1 aromatic carbocycles. The van der Waals surface area contributed by atoms with Gasteiger partial charge in [-0.2, -0.15) is 5.10 Å². The molecule has 0 bridgehead atoms. The molecule has 0 spiro atoms. The summed E-state index contributed by atoms with van der Waals surface area (Å²) < 4.78 is 18.0. The van der Waals surface area contributed by atoms with E-state index in [1.807, 2.05) is 19.1 Å². The molecule has 1 amide bonds. The molecule has 0 saturated carbocycles. The topological polar surface area (TPSA) is 113 Å². The molecule has 0 aliphatic carbocycles. The van der Waals surface area contributed by atoms with Gasteiger partial charge < -0.3 is 19.5 Å². The van der Waals surface area contributed by atoms with Crippen molar-refractivity contribution >= 4 is 11.6 Å². The molecule has 3 aromatic heterocycles. The Hall–Kier alpha value is -4.47. The lowest BCUT2D eigenvalue weighted by Crippen LogP contribution is -2.15. The molecule has 34 heavy (non-hydrogen) atoms. The molecule has 4 rings (SSSR count). The average molecular weight is 460 g/mol. The summed E-state index contributed by atoms with van der Waals surface area (Å²) in [6.45, 7) is 2.28. The highest BCUT2D eigenvalue weighted by atomic mass is 16.5. The van der Waals surface area contributed by atoms with Gasteiger partial charge in [-0.25, -0.2) is 4.68 Å². The van der Waals surface area contributed by atoms with E-state index in [0.717, 1.165) is 5.56 Å². The van der Waals surface area contributed by atoms with Gasteiger partial charge in [-0.15, -0.1) is 10.2 Å². The molecule has 0 radical (unpaired) electrons. The van der Waals surface area contributed by atoms with Crippen molar-refractivity contribution in [2.24, 2.45) is 0 Å². The van der Waals surface area contributed by atoms with Crippen LogP contribution in [0.25, 0.3) is 5.82 Å². The molecule has 0 fully saturated rings. The van der Waals surface area contributed by atoms with E-state index in [-0.39, 0.29) is 5.91 Å². The van der Waals surface area contributed by atoms with Crippen LogP contribution in [0.5, 0.6) is 17.4 Å². The van der Waals surface area contributed by atoms with Gasteiger partial charge in [0.05, 0.1) is 31.7 Å². The van der Waals surface area contributed by atoms with Crippen LogP contribution in [0, 0.1) is 0 Å². The van der Waals surface area contributed by atoms with Gasteiger partial charge in [-0.3, -0.25) is 9.78 Å². The molecule has 174 valence electrons. The Morgan fingerprint density at radius 2 is 1.82 bits per heavy atom. The normalized spacial score (nSPS) is 10.6. The number of amides is 1. The van der Waals surface area contributed by atoms with E-state index in [9.17, 15) is 4.79 Å². The van der Waals surface area contributed by atoms with Gasteiger partial charge in [0.15, 0.2) is 17.3 Å². The molecule has 10 nitrogen and oxygen atoms in total. The summed E-state index contributed by atoms with van der Waals surface area (Å²) in [6, 6.07) is 12.4. The van der Waals surface area contributed by atoms with E-state index in [4.69, 9.17) is 14.2 Å². The van der Waals surface area contributed by atoms with Crippen LogP contribution in [-0.2, 0) is 13.0 Å². The third kappa shape index (κ3) is 4.96. The minimum Gasteiger partial charge on any atom is -0.493 e. The Morgan fingerprint density at radius 3 is 2.50 bits per heavy atom. The smallest absolute Gasteiger partial charge is 0.259 e. The summed E-state index contributed by atoms with van der Waals surface area (Å²) in [5.41, 5.74) is 2.68. The number of nitrogens with one attached hydrogen (secondary N) is 1. The quantitative estimate of drug-likeness (QED) is 0.404. The van der Waals surface area contributed by atoms with Crippen molar-refractivity contribution in [2.75, 3.05) is 19.5 Å². The number of benzene rings is 1. The van der Waals surface area contributed by atoms with Crippen molar-refractivity contribution in [3.63, 3.8) is 0 Å². The third-order valence-electron chi connectivity index (χ3n) is 5.07. The van der Waals surface area contributed by atoms with Crippen LogP contribution in [0.1, 0.15) is 28.5 Å². The van der Waals surface area contributed by atoms with Gasteiger partial charge in [0, 0.05) is 30.2 Å². The second kappa shape index (κ2) is 10.4. The van der Waals surface area contributed by atoms with Crippen LogP contribution in [0.2, 0.25) is 0 Å². The van der Waals surface area contributed by atoms with Crippen LogP contribution in [0.4, 0.5) is 5.69 Å². The molecular weight excluding hydrogens is 436 g/mol. The first-order valence-corrected chi connectivity index (χ1v) is 10.6. The molecule has 0 atom stereocenters. The lowest BCUT2D eigenvalue weighted by atomic mass is 10.2. The molecule has 0 aliphatic heterocycles. The molecule has 4 aromatic rings. The van der Waals surface area contributed by atoms with E-state index in [1.165, 1.54) is 13.3 Å². The lowest BCUT2D eigenvalue weighted by Gasteiger charge is -2.13. The van der Waals surface area contributed by atoms with Crippen molar-refractivity contribution < 1.29 is 19.0 Å². The number of anilines is 1. The van der Waals surface area contributed by atoms with E-state index in [0.29, 0.717) is 53.2 Å². The van der Waals surface area contributed by atoms with Gasteiger partial charge in [0.25, 0.3) is 5.91 Å². The SMILES string of the molecule is CCc1c(C(=O)Nc2ccc(OC)c(OCc3ccncc3)c2)cnn1-c1ccc(OC)nn1. The lowest BCUT2D eigenvalue weighted by molar-refractivity contribution is 0.102. The average Bonchev–Trinajstić information content (AvgIpc) is 3.32. The molecule has 10 heteroatoms. The molecular formula is C24H24N6O4. The Bertz CT molecular complexity index is 1260. The molecule has 0 aliphatic rings. The van der Waals surface area contributed by atoms with Gasteiger partial charge in [0.2, 0.25) is 5.88 Å². The van der Waals surface area contributed by atoms with Crippen molar-refractivity contribution in [2.45, 2.75) is 20.0 Å². The first-order chi connectivity index (χ1) is 16.6. The van der Waals surface area contributed by atoms with Crippen LogP contribution in [-0.4, -0.2) is 45.1 Å². The van der Waals surface area contributed by atoms with E-state index in [2.05, 4.69) is 25.6 Å². The highest BCUT2D eigenvalue weighted by Crippen LogP contribution is 2.31. The van der Waals surface area contributed by atoms with Crippen molar-refractivity contribution in [3.05, 3.63) is 77.9 Å². The highest BCUT2D eigenvalue weighted by Gasteiger charge is 2.19. The van der Waals surface area contributed by atoms with Gasteiger partial charge in [-0.1, -0.05) is 6.92 Å². The number of pyridine rings is 1. The fourth-order valence-corrected chi connectivity index (χ4v) is 3.34. The predicted octanol–water partition coefficient (Wildman–Crippen LogP) is 3.47. The molecule has 3 heterocycles. The monoisotopic (exact) mass is 460 g/mol. The van der Waals surface area contributed by atoms with Gasteiger partial charge in [-0.05, 0) is 42.3 Å². The number of hydrogen-bond acceptors (Lipinski definition) is 8. The Kier molecular flexibility index (Phi) is 6.97. The number of hydrogen-bond donors (Lipinski definition) is 1. The summed E-state index contributed by atoms with van der Waals surface area (Å²) in [6.07, 6.45) is 5.50.